The van der Waals surface area contributed by atoms with Gasteiger partial charge < -0.3 is 9.64 Å². The number of hydrogen-bond donors (Lipinski definition) is 1. The monoisotopic (exact) mass is 407 g/mol. The zero-order valence-corrected chi connectivity index (χ0v) is 17.0. The lowest BCUT2D eigenvalue weighted by atomic mass is 9.78. The Morgan fingerprint density at radius 1 is 1.07 bits per heavy atom. The highest BCUT2D eigenvalue weighted by Gasteiger charge is 2.48. The van der Waals surface area contributed by atoms with Crippen molar-refractivity contribution in [1.82, 2.24) is 9.80 Å². The lowest BCUT2D eigenvalue weighted by Gasteiger charge is -2.52. The molecule has 2 heterocycles. The average molecular weight is 408 g/mol. The van der Waals surface area contributed by atoms with Crippen LogP contribution in [0, 0.1) is 0 Å². The predicted molar refractivity (Wildman–Crippen MR) is 105 cm³/mol. The van der Waals surface area contributed by atoms with Crippen LogP contribution < -0.4 is 5.14 Å². The van der Waals surface area contributed by atoms with Crippen LogP contribution >= 0.6 is 0 Å². The molecule has 3 fully saturated rings. The van der Waals surface area contributed by atoms with Crippen LogP contribution in [-0.2, 0) is 14.8 Å². The molecule has 1 saturated carbocycles. The van der Waals surface area contributed by atoms with Crippen molar-refractivity contribution >= 4 is 15.9 Å². The maximum Gasteiger partial charge on any atom is 0.254 e. The van der Waals surface area contributed by atoms with Crippen molar-refractivity contribution < 1.29 is 17.9 Å². The lowest BCUT2D eigenvalue weighted by molar-refractivity contribution is -0.156. The number of amides is 1. The molecule has 1 aliphatic carbocycles. The summed E-state index contributed by atoms with van der Waals surface area (Å²) in [6.45, 7) is 3.96. The highest BCUT2D eigenvalue weighted by Crippen LogP contribution is 2.39. The Bertz CT molecular complexity index is 816. The van der Waals surface area contributed by atoms with Crippen molar-refractivity contribution in [3.8, 4) is 0 Å². The molecule has 1 amide bonds. The minimum atomic E-state index is -3.76. The molecule has 7 nitrogen and oxygen atoms in total. The van der Waals surface area contributed by atoms with E-state index in [0.29, 0.717) is 31.3 Å². The summed E-state index contributed by atoms with van der Waals surface area (Å²) in [5.41, 5.74) is 0.204. The number of nitrogens with zero attached hydrogens (tertiary/aromatic N) is 2. The fourth-order valence-corrected chi connectivity index (χ4v) is 5.58. The zero-order valence-electron chi connectivity index (χ0n) is 16.2. The number of benzene rings is 1. The smallest absolute Gasteiger partial charge is 0.254 e. The number of ether oxygens (including phenoxy) is 1. The summed E-state index contributed by atoms with van der Waals surface area (Å²) < 4.78 is 29.3. The normalized spacial score (nSPS) is 29.3. The topological polar surface area (TPSA) is 92.9 Å². The molecular formula is C20H29N3O4S. The van der Waals surface area contributed by atoms with Crippen LogP contribution in [0.25, 0.3) is 0 Å². The van der Waals surface area contributed by atoms with Crippen molar-refractivity contribution in [2.75, 3.05) is 32.8 Å². The SMILES string of the molecule is NS(=O)(=O)c1ccc(C(=O)N2CCO[C@@]3(CCCC[C@@H]3N3CCCC3)C2)cc1. The third-order valence-corrected chi connectivity index (χ3v) is 7.37. The highest BCUT2D eigenvalue weighted by molar-refractivity contribution is 7.89. The summed E-state index contributed by atoms with van der Waals surface area (Å²) >= 11 is 0. The summed E-state index contributed by atoms with van der Waals surface area (Å²) in [7, 11) is -3.76. The van der Waals surface area contributed by atoms with Gasteiger partial charge in [-0.15, -0.1) is 0 Å². The largest absolute Gasteiger partial charge is 0.370 e. The number of carbonyl (C=O) groups is 1. The standard InChI is InChI=1S/C20H29N3O4S/c21-28(25,26)17-8-6-16(7-9-17)19(24)23-13-14-27-20(15-23)10-2-1-5-18(20)22-11-3-4-12-22/h6-9,18H,1-5,10-15H2,(H2,21,25,26)/t18-,20-/m0/s1. The number of rotatable bonds is 3. The molecule has 2 aliphatic heterocycles. The van der Waals surface area contributed by atoms with Crippen LogP contribution in [-0.4, -0.2) is 68.6 Å². The predicted octanol–water partition coefficient (Wildman–Crippen LogP) is 1.58. The minimum Gasteiger partial charge on any atom is -0.370 e. The first-order valence-electron chi connectivity index (χ1n) is 10.2. The Balaban J connectivity index is 1.53. The number of sulfonamides is 1. The summed E-state index contributed by atoms with van der Waals surface area (Å²) in [4.78, 5) is 17.6. The van der Waals surface area contributed by atoms with E-state index < -0.39 is 10.0 Å². The van der Waals surface area contributed by atoms with Gasteiger partial charge in [-0.1, -0.05) is 12.8 Å². The summed E-state index contributed by atoms with van der Waals surface area (Å²) in [5, 5.41) is 5.15. The number of primary sulfonamides is 1. The Labute approximate surface area is 166 Å². The van der Waals surface area contributed by atoms with Crippen LogP contribution in [0.3, 0.4) is 0 Å². The second kappa shape index (κ2) is 7.74. The van der Waals surface area contributed by atoms with Crippen molar-refractivity contribution in [2.24, 2.45) is 5.14 Å². The second-order valence-electron chi connectivity index (χ2n) is 8.21. The van der Waals surface area contributed by atoms with Crippen LogP contribution in [0.15, 0.2) is 29.2 Å². The van der Waals surface area contributed by atoms with E-state index in [1.165, 1.54) is 31.4 Å². The van der Waals surface area contributed by atoms with Gasteiger partial charge in [-0.2, -0.15) is 0 Å². The first kappa shape index (κ1) is 19.8. The molecule has 0 unspecified atom stereocenters. The van der Waals surface area contributed by atoms with E-state index in [4.69, 9.17) is 9.88 Å². The first-order valence-corrected chi connectivity index (χ1v) is 11.7. The third-order valence-electron chi connectivity index (χ3n) is 6.44. The molecule has 1 spiro atoms. The lowest BCUT2D eigenvalue weighted by Crippen LogP contribution is -2.64. The van der Waals surface area contributed by atoms with E-state index in [2.05, 4.69) is 4.90 Å². The van der Waals surface area contributed by atoms with Gasteiger partial charge in [-0.05, 0) is 63.0 Å². The van der Waals surface area contributed by atoms with Gasteiger partial charge in [-0.25, -0.2) is 13.6 Å². The van der Waals surface area contributed by atoms with Crippen molar-refractivity contribution in [3.05, 3.63) is 29.8 Å². The summed E-state index contributed by atoms with van der Waals surface area (Å²) in [6.07, 6.45) is 6.95. The van der Waals surface area contributed by atoms with Gasteiger partial charge in [0.05, 0.1) is 18.0 Å². The van der Waals surface area contributed by atoms with Gasteiger partial charge in [0, 0.05) is 18.2 Å². The fraction of sp³-hybridized carbons (Fsp3) is 0.650. The molecule has 28 heavy (non-hydrogen) atoms. The van der Waals surface area contributed by atoms with E-state index >= 15 is 0 Å². The van der Waals surface area contributed by atoms with Gasteiger partial charge in [0.15, 0.2) is 0 Å². The molecule has 154 valence electrons. The number of morpholine rings is 1. The van der Waals surface area contributed by atoms with Crippen molar-refractivity contribution in [2.45, 2.75) is 55.1 Å². The quantitative estimate of drug-likeness (QED) is 0.821. The van der Waals surface area contributed by atoms with Crippen molar-refractivity contribution in [1.29, 1.82) is 0 Å². The number of likely N-dealkylation sites (tertiary alicyclic amines) is 1. The van der Waals surface area contributed by atoms with E-state index in [1.54, 1.807) is 12.1 Å². The van der Waals surface area contributed by atoms with Crippen LogP contribution in [0.2, 0.25) is 0 Å². The minimum absolute atomic E-state index is 0.0175. The Hall–Kier alpha value is -1.48. The molecule has 3 aliphatic rings. The van der Waals surface area contributed by atoms with Gasteiger partial charge in [-0.3, -0.25) is 9.69 Å². The van der Waals surface area contributed by atoms with Crippen molar-refractivity contribution in [3.63, 3.8) is 0 Å². The zero-order chi connectivity index (χ0) is 19.8. The van der Waals surface area contributed by atoms with Crippen LogP contribution in [0.1, 0.15) is 48.9 Å². The highest BCUT2D eigenvalue weighted by atomic mass is 32.2. The van der Waals surface area contributed by atoms with E-state index in [0.717, 1.165) is 32.4 Å². The molecule has 0 bridgehead atoms. The van der Waals surface area contributed by atoms with Crippen LogP contribution in [0.5, 0.6) is 0 Å². The number of hydrogen-bond acceptors (Lipinski definition) is 5. The summed E-state index contributed by atoms with van der Waals surface area (Å²) in [5.74, 6) is -0.0746. The molecule has 1 aromatic carbocycles. The van der Waals surface area contributed by atoms with Gasteiger partial charge >= 0.3 is 0 Å². The number of nitrogens with two attached hydrogens (primary N) is 1. The fourth-order valence-electron chi connectivity index (χ4n) is 5.06. The molecule has 2 N–H and O–H groups in total. The number of carbonyl (C=O) groups excluding carboxylic acids is 1. The Kier molecular flexibility index (Phi) is 5.48. The maximum absolute atomic E-state index is 13.1. The third kappa shape index (κ3) is 3.83. The molecule has 0 radical (unpaired) electrons. The van der Waals surface area contributed by atoms with Gasteiger partial charge in [0.25, 0.3) is 5.91 Å². The average Bonchev–Trinajstić information content (AvgIpc) is 3.22. The molecule has 1 aromatic rings. The molecule has 2 atom stereocenters. The second-order valence-corrected chi connectivity index (χ2v) is 9.78. The maximum atomic E-state index is 13.1. The van der Waals surface area contributed by atoms with Crippen LogP contribution in [0.4, 0.5) is 0 Å². The van der Waals surface area contributed by atoms with Gasteiger partial charge in [0.2, 0.25) is 10.0 Å². The molecule has 8 heteroatoms. The Morgan fingerprint density at radius 2 is 1.79 bits per heavy atom. The molecular weight excluding hydrogens is 378 g/mol. The molecule has 0 aromatic heterocycles. The van der Waals surface area contributed by atoms with Gasteiger partial charge in [0.1, 0.15) is 5.60 Å². The van der Waals surface area contributed by atoms with E-state index in [1.807, 2.05) is 4.90 Å². The molecule has 4 rings (SSSR count). The summed E-state index contributed by atoms with van der Waals surface area (Å²) in [6, 6.07) is 6.26. The Morgan fingerprint density at radius 3 is 2.46 bits per heavy atom. The first-order chi connectivity index (χ1) is 13.4. The molecule has 2 saturated heterocycles. The van der Waals surface area contributed by atoms with E-state index in [-0.39, 0.29) is 16.4 Å². The van der Waals surface area contributed by atoms with E-state index in [9.17, 15) is 13.2 Å².